The minimum Gasteiger partial charge on any atom is -0.324 e. The third-order valence-electron chi connectivity index (χ3n) is 6.10. The topological polar surface area (TPSA) is 35.6 Å². The van der Waals surface area contributed by atoms with E-state index in [2.05, 4.69) is 5.32 Å². The van der Waals surface area contributed by atoms with Gasteiger partial charge in [0.25, 0.3) is 0 Å². The van der Waals surface area contributed by atoms with Crippen molar-refractivity contribution in [3.8, 4) is 0 Å². The lowest BCUT2D eigenvalue weighted by atomic mass is 9.85. The van der Waals surface area contributed by atoms with Crippen LogP contribution in [0.25, 0.3) is 0 Å². The van der Waals surface area contributed by atoms with E-state index in [0.29, 0.717) is 36.7 Å². The van der Waals surface area contributed by atoms with Gasteiger partial charge in [-0.2, -0.15) is 26.3 Å². The first kappa shape index (κ1) is 26.2. The summed E-state index contributed by atoms with van der Waals surface area (Å²) in [5.74, 6) is -0.140. The molecule has 4 nitrogen and oxygen atoms in total. The number of piperidine rings is 1. The molecule has 1 heterocycles. The number of urea groups is 1. The van der Waals surface area contributed by atoms with Crippen LogP contribution in [0, 0.1) is 6.92 Å². The molecular formula is C23H24ClF6N3O. The quantitative estimate of drug-likeness (QED) is 0.493. The first-order valence-electron chi connectivity index (χ1n) is 10.5. The van der Waals surface area contributed by atoms with Crippen LogP contribution in [0.5, 0.6) is 0 Å². The maximum Gasteiger partial charge on any atom is 0.416 e. The molecule has 2 aromatic rings. The van der Waals surface area contributed by atoms with Gasteiger partial charge < -0.3 is 10.2 Å². The number of halogens is 7. The van der Waals surface area contributed by atoms with Gasteiger partial charge in [0.2, 0.25) is 0 Å². The van der Waals surface area contributed by atoms with Gasteiger partial charge in [-0.25, -0.2) is 4.79 Å². The molecule has 0 aliphatic carbocycles. The fourth-order valence-electron chi connectivity index (χ4n) is 4.17. The summed E-state index contributed by atoms with van der Waals surface area (Å²) in [5.41, 5.74) is -1.66. The number of amides is 2. The Morgan fingerprint density at radius 3 is 2.12 bits per heavy atom. The molecule has 0 aromatic heterocycles. The van der Waals surface area contributed by atoms with Crippen LogP contribution >= 0.6 is 11.6 Å². The highest BCUT2D eigenvalue weighted by Gasteiger charge is 2.38. The number of hydrogen-bond acceptors (Lipinski definition) is 2. The molecule has 2 aromatic carbocycles. The summed E-state index contributed by atoms with van der Waals surface area (Å²) in [5, 5.41) is 3.86. The van der Waals surface area contributed by atoms with E-state index in [-0.39, 0.29) is 18.0 Å². The van der Waals surface area contributed by atoms with E-state index in [0.717, 1.165) is 23.1 Å². The van der Waals surface area contributed by atoms with Gasteiger partial charge in [0, 0.05) is 43.3 Å². The van der Waals surface area contributed by atoms with Gasteiger partial charge >= 0.3 is 18.4 Å². The first-order chi connectivity index (χ1) is 15.7. The average molecular weight is 508 g/mol. The van der Waals surface area contributed by atoms with Crippen molar-refractivity contribution in [2.45, 2.75) is 37.7 Å². The number of benzene rings is 2. The summed E-state index contributed by atoms with van der Waals surface area (Å²) in [4.78, 5) is 15.4. The summed E-state index contributed by atoms with van der Waals surface area (Å²) >= 11 is 6.12. The van der Waals surface area contributed by atoms with Crippen molar-refractivity contribution < 1.29 is 31.1 Å². The highest BCUT2D eigenvalue weighted by atomic mass is 35.5. The highest BCUT2D eigenvalue weighted by molar-refractivity contribution is 6.31. The zero-order valence-electron chi connectivity index (χ0n) is 18.7. The van der Waals surface area contributed by atoms with Crippen molar-refractivity contribution in [2.24, 2.45) is 0 Å². The third-order valence-corrected chi connectivity index (χ3v) is 6.53. The van der Waals surface area contributed by atoms with Gasteiger partial charge in [0.05, 0.1) is 11.1 Å². The second-order valence-corrected chi connectivity index (χ2v) is 8.80. The van der Waals surface area contributed by atoms with Crippen molar-refractivity contribution in [2.75, 3.05) is 32.1 Å². The lowest BCUT2D eigenvalue weighted by Crippen LogP contribution is -2.52. The minimum atomic E-state index is -5.00. The minimum absolute atomic E-state index is 0.0389. The first-order valence-corrected chi connectivity index (χ1v) is 10.8. The van der Waals surface area contributed by atoms with Gasteiger partial charge in [-0.15, -0.1) is 0 Å². The zero-order chi connectivity index (χ0) is 25.4. The number of carbonyl (C=O) groups excluding carboxylic acids is 1. The Bertz CT molecular complexity index is 1020. The largest absolute Gasteiger partial charge is 0.416 e. The zero-order valence-corrected chi connectivity index (χ0v) is 19.4. The highest BCUT2D eigenvalue weighted by Crippen LogP contribution is 2.39. The number of aryl methyl sites for hydroxylation is 1. The van der Waals surface area contributed by atoms with Gasteiger partial charge in [-0.1, -0.05) is 23.7 Å². The molecule has 0 spiro atoms. The molecule has 1 N–H and O–H groups in total. The van der Waals surface area contributed by atoms with Crippen LogP contribution < -0.4 is 10.2 Å². The predicted molar refractivity (Wildman–Crippen MR) is 118 cm³/mol. The molecule has 11 heteroatoms. The second kappa shape index (κ2) is 9.65. The van der Waals surface area contributed by atoms with Crippen LogP contribution in [0.1, 0.15) is 34.6 Å². The number of rotatable bonds is 3. The molecule has 34 heavy (non-hydrogen) atoms. The maximum atomic E-state index is 13.3. The Morgan fingerprint density at radius 1 is 1.00 bits per heavy atom. The Balaban J connectivity index is 1.93. The fraction of sp³-hybridized carbons (Fsp3) is 0.435. The van der Waals surface area contributed by atoms with Crippen LogP contribution in [0.3, 0.4) is 0 Å². The van der Waals surface area contributed by atoms with Crippen molar-refractivity contribution in [3.05, 3.63) is 63.7 Å². The van der Waals surface area contributed by atoms with Crippen molar-refractivity contribution in [1.82, 2.24) is 10.2 Å². The molecular weight excluding hydrogens is 484 g/mol. The molecule has 1 aliphatic rings. The molecule has 0 bridgehead atoms. The second-order valence-electron chi connectivity index (χ2n) is 8.39. The monoisotopic (exact) mass is 507 g/mol. The third kappa shape index (κ3) is 5.60. The Morgan fingerprint density at radius 2 is 1.59 bits per heavy atom. The molecule has 2 atom stereocenters. The SMILES string of the molecule is Cc1cc(C2CNCCC2N(C)C(=O)N(C)c2cc(C(F)(F)F)cc(C(F)(F)F)c2)ccc1Cl. The summed E-state index contributed by atoms with van der Waals surface area (Å²) in [6.45, 7) is 3.01. The summed E-state index contributed by atoms with van der Waals surface area (Å²) in [6.07, 6.45) is -9.45. The average Bonchev–Trinajstić information content (AvgIpc) is 2.78. The van der Waals surface area contributed by atoms with E-state index in [9.17, 15) is 31.1 Å². The number of alkyl halides is 6. The van der Waals surface area contributed by atoms with Crippen LogP contribution in [0.2, 0.25) is 5.02 Å². The smallest absolute Gasteiger partial charge is 0.324 e. The number of likely N-dealkylation sites (N-methyl/N-ethyl adjacent to an activating group) is 1. The van der Waals surface area contributed by atoms with E-state index >= 15 is 0 Å². The molecule has 1 fully saturated rings. The Labute approximate surface area is 198 Å². The van der Waals surface area contributed by atoms with E-state index in [1.165, 1.54) is 11.9 Å². The fourth-order valence-corrected chi connectivity index (χ4v) is 4.29. The van der Waals surface area contributed by atoms with E-state index in [4.69, 9.17) is 11.6 Å². The molecule has 2 amide bonds. The van der Waals surface area contributed by atoms with Crippen molar-refractivity contribution in [1.29, 1.82) is 0 Å². The number of anilines is 1. The maximum absolute atomic E-state index is 13.3. The van der Waals surface area contributed by atoms with Gasteiger partial charge in [-0.3, -0.25) is 4.90 Å². The van der Waals surface area contributed by atoms with Crippen molar-refractivity contribution >= 4 is 23.3 Å². The van der Waals surface area contributed by atoms with Crippen LogP contribution in [-0.4, -0.2) is 44.2 Å². The van der Waals surface area contributed by atoms with Gasteiger partial charge in [-0.05, 0) is 55.3 Å². The van der Waals surface area contributed by atoms with Gasteiger partial charge in [0.15, 0.2) is 0 Å². The molecule has 0 saturated carbocycles. The molecule has 2 unspecified atom stereocenters. The van der Waals surface area contributed by atoms with Crippen LogP contribution in [0.4, 0.5) is 36.8 Å². The van der Waals surface area contributed by atoms with E-state index in [1.807, 2.05) is 19.1 Å². The normalized spacial score (nSPS) is 19.1. The summed E-state index contributed by atoms with van der Waals surface area (Å²) in [7, 11) is 2.67. The molecule has 3 rings (SSSR count). The molecule has 0 radical (unpaired) electrons. The Kier molecular flexibility index (Phi) is 7.43. The lowest BCUT2D eigenvalue weighted by molar-refractivity contribution is -0.143. The summed E-state index contributed by atoms with van der Waals surface area (Å²) < 4.78 is 79.5. The number of hydrogen-bond donors (Lipinski definition) is 1. The molecule has 186 valence electrons. The van der Waals surface area contributed by atoms with Crippen LogP contribution in [0.15, 0.2) is 36.4 Å². The molecule has 1 saturated heterocycles. The standard InChI is InChI=1S/C23H24ClF6N3O/c1-13-8-14(4-5-19(13)24)18-12-31-7-6-20(18)33(3)21(34)32(2)17-10-15(22(25,26)27)9-16(11-17)23(28,29)30/h4-5,8-11,18,20,31H,6-7,12H2,1-3H3. The predicted octanol–water partition coefficient (Wildman–Crippen LogP) is 6.32. The number of nitrogens with zero attached hydrogens (tertiary/aromatic N) is 2. The van der Waals surface area contributed by atoms with E-state index < -0.39 is 35.2 Å². The lowest BCUT2D eigenvalue weighted by Gasteiger charge is -2.40. The van der Waals surface area contributed by atoms with Crippen molar-refractivity contribution in [3.63, 3.8) is 0 Å². The summed E-state index contributed by atoms with van der Waals surface area (Å²) in [6, 6.07) is 5.61. The molecule has 1 aliphatic heterocycles. The van der Waals surface area contributed by atoms with E-state index in [1.54, 1.807) is 6.07 Å². The number of nitrogens with one attached hydrogen (secondary N) is 1. The number of carbonyl (C=O) groups is 1. The van der Waals surface area contributed by atoms with Crippen LogP contribution in [-0.2, 0) is 12.4 Å². The van der Waals surface area contributed by atoms with Gasteiger partial charge in [0.1, 0.15) is 0 Å². The Hall–Kier alpha value is -2.46.